The van der Waals surface area contributed by atoms with Crippen molar-refractivity contribution in [2.45, 2.75) is 35.6 Å². The molecule has 1 aromatic carbocycles. The first-order valence-corrected chi connectivity index (χ1v) is 13.6. The monoisotopic (exact) mass is 558 g/mol. The quantitative estimate of drug-likeness (QED) is 0.124. The summed E-state index contributed by atoms with van der Waals surface area (Å²) in [5.74, 6) is -2.16. The highest BCUT2D eigenvalue weighted by molar-refractivity contribution is 8.00. The summed E-state index contributed by atoms with van der Waals surface area (Å²) in [6, 6.07) is 6.76. The average molecular weight is 559 g/mol. The van der Waals surface area contributed by atoms with Gasteiger partial charge >= 0.3 is 5.97 Å². The van der Waals surface area contributed by atoms with Crippen molar-refractivity contribution in [2.24, 2.45) is 0 Å². The van der Waals surface area contributed by atoms with E-state index in [-0.39, 0.29) is 18.8 Å². The van der Waals surface area contributed by atoms with Gasteiger partial charge in [-0.15, -0.1) is 22.0 Å². The molecule has 1 aromatic heterocycles. The molecule has 4 amide bonds. The van der Waals surface area contributed by atoms with Crippen LogP contribution in [0.15, 0.2) is 46.8 Å². The van der Waals surface area contributed by atoms with E-state index in [9.17, 15) is 24.0 Å². The second-order valence-corrected chi connectivity index (χ2v) is 10.6. The lowest BCUT2D eigenvalue weighted by Gasteiger charge is -2.50. The van der Waals surface area contributed by atoms with Crippen LogP contribution in [0.5, 0.6) is 0 Å². The lowest BCUT2D eigenvalue weighted by Crippen LogP contribution is -2.73. The summed E-state index contributed by atoms with van der Waals surface area (Å²) < 4.78 is 5.55. The zero-order chi connectivity index (χ0) is 26.6. The Kier molecular flexibility index (Phi) is 7.59. The Bertz CT molecular complexity index is 1290. The fourth-order valence-electron chi connectivity index (χ4n) is 4.10. The van der Waals surface area contributed by atoms with Gasteiger partial charge in [0, 0.05) is 11.5 Å². The smallest absolute Gasteiger partial charge is 0.355 e. The van der Waals surface area contributed by atoms with Crippen LogP contribution >= 0.6 is 23.5 Å². The highest BCUT2D eigenvalue weighted by Gasteiger charge is 2.55. The summed E-state index contributed by atoms with van der Waals surface area (Å²) in [7, 11) is 0. The lowest BCUT2D eigenvalue weighted by molar-refractivity contribution is -0.154. The Morgan fingerprint density at radius 3 is 2.79 bits per heavy atom. The fraction of sp³-hybridized carbons (Fsp3) is 0.364. The molecule has 14 nitrogen and oxygen atoms in total. The van der Waals surface area contributed by atoms with Crippen LogP contribution in [0.3, 0.4) is 0 Å². The van der Waals surface area contributed by atoms with Crippen molar-refractivity contribution in [3.8, 4) is 0 Å². The van der Waals surface area contributed by atoms with E-state index in [1.54, 1.807) is 0 Å². The van der Waals surface area contributed by atoms with Crippen molar-refractivity contribution in [3.05, 3.63) is 47.2 Å². The molecule has 38 heavy (non-hydrogen) atoms. The predicted octanol–water partition coefficient (Wildman–Crippen LogP) is -1.31. The van der Waals surface area contributed by atoms with Crippen LogP contribution in [0.1, 0.15) is 12.0 Å². The van der Waals surface area contributed by atoms with Gasteiger partial charge in [-0.3, -0.25) is 24.1 Å². The van der Waals surface area contributed by atoms with Crippen molar-refractivity contribution in [1.82, 2.24) is 41.5 Å². The van der Waals surface area contributed by atoms with Crippen LogP contribution in [-0.4, -0.2) is 90.6 Å². The number of nitrogens with one attached hydrogen (secondary N) is 4. The average Bonchev–Trinajstić information content (AvgIpc) is 3.45. The number of hydrogen-bond donors (Lipinski definition) is 4. The lowest BCUT2D eigenvalue weighted by atomic mass is 10.0. The molecular formula is C22H22N8O6S2. The number of H-pyrrole nitrogens is 1. The van der Waals surface area contributed by atoms with Gasteiger partial charge in [0.2, 0.25) is 11.1 Å². The number of fused-ring (bicyclic) bond motifs is 1. The molecule has 2 saturated heterocycles. The van der Waals surface area contributed by atoms with Gasteiger partial charge in [-0.2, -0.15) is 5.21 Å². The third kappa shape index (κ3) is 5.35. The Morgan fingerprint density at radius 1 is 1.21 bits per heavy atom. The number of tetrazole rings is 1. The standard InChI is InChI=1S/C22H22N8O6S2/c31-13-8-23-17(32)14(24-13)18(33)25-15-19(34)30-16(21(35)36-9-11-4-2-1-3-5-11)12(10-38-20(15)30)6-7-37-22-26-28-29-27-22/h1-5,14-15,20H,6-10H2,(H,23,32)(H,24,31)(H,25,33)(H,26,27,28,29). The van der Waals surface area contributed by atoms with E-state index >= 15 is 0 Å². The summed E-state index contributed by atoms with van der Waals surface area (Å²) in [5, 5.41) is 20.8. The summed E-state index contributed by atoms with van der Waals surface area (Å²) in [5.41, 5.74) is 1.67. The largest absolute Gasteiger partial charge is 0.456 e. The highest BCUT2D eigenvalue weighted by atomic mass is 32.2. The number of carbonyl (C=O) groups excluding carboxylic acids is 5. The van der Waals surface area contributed by atoms with Crippen molar-refractivity contribution >= 4 is 53.1 Å². The zero-order valence-corrected chi connectivity index (χ0v) is 21.3. The molecule has 2 aromatic rings. The van der Waals surface area contributed by atoms with Crippen LogP contribution in [0, 0.1) is 0 Å². The fourth-order valence-corrected chi connectivity index (χ4v) is 6.23. The number of carbonyl (C=O) groups is 5. The van der Waals surface area contributed by atoms with Gasteiger partial charge in [-0.1, -0.05) is 42.1 Å². The second-order valence-electron chi connectivity index (χ2n) is 8.42. The Hall–Kier alpha value is -3.92. The minimum Gasteiger partial charge on any atom is -0.456 e. The first-order valence-electron chi connectivity index (χ1n) is 11.5. The number of hydrogen-bond acceptors (Lipinski definition) is 11. The molecule has 3 aliphatic heterocycles. The molecule has 3 unspecified atom stereocenters. The SMILES string of the molecule is O=C1CNC(=O)C(C(=O)NC2C(=O)N3C(C(=O)OCc4ccccc4)=C(CCSc4nn[nH]n4)CSC23)N1. The van der Waals surface area contributed by atoms with E-state index < -0.39 is 47.1 Å². The maximum Gasteiger partial charge on any atom is 0.355 e. The van der Waals surface area contributed by atoms with Crippen molar-refractivity contribution in [1.29, 1.82) is 0 Å². The van der Waals surface area contributed by atoms with Gasteiger partial charge in [0.15, 0.2) is 6.04 Å². The number of aromatic amines is 1. The summed E-state index contributed by atoms with van der Waals surface area (Å²) in [4.78, 5) is 64.1. The number of piperazine rings is 1. The van der Waals surface area contributed by atoms with Crippen LogP contribution in [-0.2, 0) is 35.3 Å². The van der Waals surface area contributed by atoms with Gasteiger partial charge < -0.3 is 20.7 Å². The Morgan fingerprint density at radius 2 is 2.03 bits per heavy atom. The number of rotatable bonds is 9. The molecule has 5 rings (SSSR count). The number of esters is 1. The number of β-lactam (4-membered cyclic amide) rings is 1. The van der Waals surface area contributed by atoms with Gasteiger partial charge in [-0.25, -0.2) is 4.79 Å². The number of aromatic nitrogens is 4. The summed E-state index contributed by atoms with van der Waals surface area (Å²) in [6.45, 7) is -0.186. The van der Waals surface area contributed by atoms with Gasteiger partial charge in [-0.05, 0) is 22.8 Å². The van der Waals surface area contributed by atoms with Crippen molar-refractivity contribution in [2.75, 3.05) is 18.1 Å². The minimum atomic E-state index is -1.43. The summed E-state index contributed by atoms with van der Waals surface area (Å²) in [6.07, 6.45) is 0.462. The molecule has 16 heteroatoms. The highest BCUT2D eigenvalue weighted by Crippen LogP contribution is 2.42. The van der Waals surface area contributed by atoms with E-state index in [1.165, 1.54) is 28.4 Å². The second kappa shape index (κ2) is 11.2. The van der Waals surface area contributed by atoms with Gasteiger partial charge in [0.05, 0.1) is 6.54 Å². The molecule has 4 heterocycles. The number of ether oxygens (including phenoxy) is 1. The predicted molar refractivity (Wildman–Crippen MR) is 133 cm³/mol. The number of amides is 4. The van der Waals surface area contributed by atoms with E-state index in [0.29, 0.717) is 23.1 Å². The molecular weight excluding hydrogens is 536 g/mol. The van der Waals surface area contributed by atoms with Crippen molar-refractivity contribution < 1.29 is 28.7 Å². The van der Waals surface area contributed by atoms with Crippen LogP contribution < -0.4 is 16.0 Å². The van der Waals surface area contributed by atoms with Crippen LogP contribution in [0.25, 0.3) is 0 Å². The molecule has 0 radical (unpaired) electrons. The zero-order valence-electron chi connectivity index (χ0n) is 19.7. The van der Waals surface area contributed by atoms with Gasteiger partial charge in [0.25, 0.3) is 17.7 Å². The van der Waals surface area contributed by atoms with E-state index in [4.69, 9.17) is 4.74 Å². The first-order chi connectivity index (χ1) is 18.4. The van der Waals surface area contributed by atoms with Crippen LogP contribution in [0.2, 0.25) is 0 Å². The normalized spacial score (nSPS) is 22.7. The third-order valence-corrected chi connectivity index (χ3v) is 8.14. The summed E-state index contributed by atoms with van der Waals surface area (Å²) >= 11 is 2.73. The number of nitrogens with zero attached hydrogens (tertiary/aromatic N) is 4. The topological polar surface area (TPSA) is 188 Å². The molecule has 198 valence electrons. The number of thioether (sulfide) groups is 2. The number of benzene rings is 1. The molecule has 0 spiro atoms. The van der Waals surface area contributed by atoms with E-state index in [1.807, 2.05) is 30.3 Å². The van der Waals surface area contributed by atoms with E-state index in [2.05, 4.69) is 36.6 Å². The van der Waals surface area contributed by atoms with Crippen LogP contribution in [0.4, 0.5) is 0 Å². The molecule has 0 aliphatic carbocycles. The van der Waals surface area contributed by atoms with Crippen molar-refractivity contribution in [3.63, 3.8) is 0 Å². The van der Waals surface area contributed by atoms with Gasteiger partial charge in [0.1, 0.15) is 23.7 Å². The maximum absolute atomic E-state index is 13.2. The molecule has 0 bridgehead atoms. The third-order valence-electron chi connectivity index (χ3n) is 5.96. The maximum atomic E-state index is 13.2. The molecule has 2 fully saturated rings. The minimum absolute atomic E-state index is 0.0323. The first kappa shape index (κ1) is 25.7. The van der Waals surface area contributed by atoms with E-state index in [0.717, 1.165) is 11.1 Å². The molecule has 4 N–H and O–H groups in total. The molecule has 3 atom stereocenters. The Labute approximate surface area is 224 Å². The Balaban J connectivity index is 1.30. The molecule has 0 saturated carbocycles. The molecule has 3 aliphatic rings.